The number of carbonyl (C=O) groups excluding carboxylic acids is 1. The highest BCUT2D eigenvalue weighted by Gasteiger charge is 2.26. The monoisotopic (exact) mass is 521 g/mol. The van der Waals surface area contributed by atoms with Gasteiger partial charge in [-0.2, -0.15) is 5.10 Å². The van der Waals surface area contributed by atoms with Crippen LogP contribution in [-0.4, -0.2) is 48.6 Å². The highest BCUT2D eigenvalue weighted by molar-refractivity contribution is 9.10. The fourth-order valence-electron chi connectivity index (χ4n) is 3.63. The minimum Gasteiger partial charge on any atom is -0.491 e. The van der Waals surface area contributed by atoms with Crippen molar-refractivity contribution in [3.63, 3.8) is 0 Å². The average molecular weight is 523 g/mol. The summed E-state index contributed by atoms with van der Waals surface area (Å²) in [5.74, 6) is 0.182. The first kappa shape index (κ1) is 22.3. The fraction of sp³-hybridized carbons (Fsp3) is 0.300. The van der Waals surface area contributed by atoms with Gasteiger partial charge in [-0.15, -0.1) is 5.10 Å². The lowest BCUT2D eigenvalue weighted by Crippen LogP contribution is -2.28. The molecule has 32 heavy (non-hydrogen) atoms. The van der Waals surface area contributed by atoms with Gasteiger partial charge in [0.05, 0.1) is 36.2 Å². The summed E-state index contributed by atoms with van der Waals surface area (Å²) in [7, 11) is 0. The molecule has 0 saturated heterocycles. The first-order valence-corrected chi connectivity index (χ1v) is 11.1. The van der Waals surface area contributed by atoms with Gasteiger partial charge in [0.1, 0.15) is 15.7 Å². The highest BCUT2D eigenvalue weighted by atomic mass is 79.9. The van der Waals surface area contributed by atoms with Crippen molar-refractivity contribution in [1.82, 2.24) is 29.7 Å². The van der Waals surface area contributed by atoms with Crippen LogP contribution in [0.1, 0.15) is 35.8 Å². The van der Waals surface area contributed by atoms with Crippen molar-refractivity contribution in [2.45, 2.75) is 26.4 Å². The van der Waals surface area contributed by atoms with E-state index in [2.05, 4.69) is 36.4 Å². The topological polar surface area (TPSA) is 133 Å². The molecule has 4 N–H and O–H groups in total. The largest absolute Gasteiger partial charge is 0.491 e. The Balaban J connectivity index is 1.78. The molecule has 1 amide bonds. The number of aromatic nitrogens is 5. The van der Waals surface area contributed by atoms with Gasteiger partial charge in [0.25, 0.3) is 5.91 Å². The van der Waals surface area contributed by atoms with Crippen LogP contribution in [0.2, 0.25) is 5.02 Å². The number of anilines is 1. The van der Waals surface area contributed by atoms with E-state index < -0.39 is 11.9 Å². The van der Waals surface area contributed by atoms with Crippen LogP contribution in [0.25, 0.3) is 16.6 Å². The molecular formula is C20H21BrClN7O3. The van der Waals surface area contributed by atoms with Gasteiger partial charge in [-0.25, -0.2) is 9.50 Å². The molecule has 0 aliphatic heterocycles. The van der Waals surface area contributed by atoms with Crippen LogP contribution in [0.3, 0.4) is 0 Å². The number of aliphatic hydroxyl groups is 1. The van der Waals surface area contributed by atoms with Crippen molar-refractivity contribution in [1.29, 1.82) is 0 Å². The molecule has 4 aromatic rings. The summed E-state index contributed by atoms with van der Waals surface area (Å²) in [6, 6.07) is 2.94. The molecular weight excluding hydrogens is 502 g/mol. The number of nitrogen functional groups attached to an aromatic ring is 1. The maximum absolute atomic E-state index is 13.1. The number of rotatable bonds is 7. The lowest BCUT2D eigenvalue weighted by atomic mass is 10.0. The summed E-state index contributed by atoms with van der Waals surface area (Å²) < 4.78 is 9.59. The van der Waals surface area contributed by atoms with E-state index in [0.29, 0.717) is 44.1 Å². The number of fused-ring (bicyclic) bond motifs is 2. The van der Waals surface area contributed by atoms with Crippen molar-refractivity contribution < 1.29 is 14.6 Å². The second kappa shape index (κ2) is 8.93. The Labute approximate surface area is 196 Å². The molecule has 0 bridgehead atoms. The summed E-state index contributed by atoms with van der Waals surface area (Å²) in [4.78, 5) is 17.3. The molecule has 3 heterocycles. The van der Waals surface area contributed by atoms with Crippen LogP contribution < -0.4 is 15.8 Å². The number of hydrogen-bond acceptors (Lipinski definition) is 7. The van der Waals surface area contributed by atoms with Gasteiger partial charge >= 0.3 is 0 Å². The molecule has 3 aromatic heterocycles. The molecule has 12 heteroatoms. The van der Waals surface area contributed by atoms with E-state index in [0.717, 1.165) is 0 Å². The molecule has 1 aromatic carbocycles. The summed E-state index contributed by atoms with van der Waals surface area (Å²) in [6.45, 7) is 4.21. The third-order valence-corrected chi connectivity index (χ3v) is 5.83. The summed E-state index contributed by atoms with van der Waals surface area (Å²) in [5, 5.41) is 22.1. The average Bonchev–Trinajstić information content (AvgIpc) is 3.26. The van der Waals surface area contributed by atoms with E-state index in [9.17, 15) is 9.90 Å². The molecule has 168 valence electrons. The lowest BCUT2D eigenvalue weighted by molar-refractivity contribution is 0.0942. The van der Waals surface area contributed by atoms with Crippen molar-refractivity contribution >= 4 is 55.8 Å². The lowest BCUT2D eigenvalue weighted by Gasteiger charge is -2.20. The zero-order valence-electron chi connectivity index (χ0n) is 17.3. The fourth-order valence-corrected chi connectivity index (χ4v) is 4.63. The van der Waals surface area contributed by atoms with Crippen LogP contribution in [0.5, 0.6) is 5.75 Å². The molecule has 1 atom stereocenters. The van der Waals surface area contributed by atoms with E-state index in [-0.39, 0.29) is 24.5 Å². The van der Waals surface area contributed by atoms with Crippen LogP contribution in [-0.2, 0) is 6.54 Å². The Morgan fingerprint density at radius 3 is 2.94 bits per heavy atom. The van der Waals surface area contributed by atoms with E-state index in [1.807, 2.05) is 13.8 Å². The number of carbonyl (C=O) groups is 1. The maximum Gasteiger partial charge on any atom is 0.259 e. The number of nitrogens with two attached hydrogens (primary N) is 1. The number of benzene rings is 1. The second-order valence-electron chi connectivity index (χ2n) is 7.01. The number of aliphatic hydroxyl groups excluding tert-OH is 1. The van der Waals surface area contributed by atoms with Gasteiger partial charge in [-0.3, -0.25) is 9.48 Å². The number of hydrogen-bond donors (Lipinski definition) is 3. The van der Waals surface area contributed by atoms with Crippen molar-refractivity contribution in [2.75, 3.05) is 18.9 Å². The van der Waals surface area contributed by atoms with Crippen LogP contribution in [0.15, 0.2) is 29.1 Å². The van der Waals surface area contributed by atoms with Gasteiger partial charge in [-0.1, -0.05) is 11.6 Å². The number of nitrogens with one attached hydrogen (secondary N) is 1. The highest BCUT2D eigenvalue weighted by Crippen LogP contribution is 2.41. The molecule has 10 nitrogen and oxygen atoms in total. The quantitative estimate of drug-likeness (QED) is 0.340. The van der Waals surface area contributed by atoms with Crippen LogP contribution >= 0.6 is 27.5 Å². The van der Waals surface area contributed by atoms with E-state index in [4.69, 9.17) is 22.1 Å². The Kier molecular flexibility index (Phi) is 6.22. The first-order chi connectivity index (χ1) is 15.4. The van der Waals surface area contributed by atoms with E-state index in [1.54, 1.807) is 29.2 Å². The summed E-state index contributed by atoms with van der Waals surface area (Å²) in [5.41, 5.74) is 7.82. The molecule has 0 fully saturated rings. The minimum absolute atomic E-state index is 0.0804. The van der Waals surface area contributed by atoms with Crippen molar-refractivity contribution in [3.05, 3.63) is 45.3 Å². The Morgan fingerprint density at radius 2 is 2.22 bits per heavy atom. The molecule has 0 aliphatic rings. The molecule has 4 rings (SSSR count). The Morgan fingerprint density at radius 1 is 1.44 bits per heavy atom. The first-order valence-electron chi connectivity index (χ1n) is 9.89. The van der Waals surface area contributed by atoms with Gasteiger partial charge < -0.3 is 20.9 Å². The van der Waals surface area contributed by atoms with Crippen molar-refractivity contribution in [2.24, 2.45) is 0 Å². The predicted molar refractivity (Wildman–Crippen MR) is 124 cm³/mol. The normalized spacial score (nSPS) is 12.4. The smallest absolute Gasteiger partial charge is 0.259 e. The molecule has 0 spiro atoms. The molecule has 0 saturated carbocycles. The number of halogens is 2. The minimum atomic E-state index is -0.500. The maximum atomic E-state index is 13.1. The Hall–Kier alpha value is -2.89. The zero-order valence-corrected chi connectivity index (χ0v) is 19.7. The molecule has 0 aliphatic carbocycles. The number of amides is 1. The second-order valence-corrected chi connectivity index (χ2v) is 8.17. The van der Waals surface area contributed by atoms with Gasteiger partial charge in [0.15, 0.2) is 17.2 Å². The third-order valence-electron chi connectivity index (χ3n) is 4.97. The van der Waals surface area contributed by atoms with E-state index >= 15 is 0 Å². The van der Waals surface area contributed by atoms with Crippen molar-refractivity contribution in [3.8, 4) is 5.75 Å². The summed E-state index contributed by atoms with van der Waals surface area (Å²) in [6.07, 6.45) is 3.23. The van der Waals surface area contributed by atoms with Gasteiger partial charge in [0, 0.05) is 18.0 Å². The third kappa shape index (κ3) is 3.76. The van der Waals surface area contributed by atoms with E-state index in [1.165, 1.54) is 4.52 Å². The van der Waals surface area contributed by atoms with Gasteiger partial charge in [-0.05, 0) is 41.9 Å². The van der Waals surface area contributed by atoms with Crippen LogP contribution in [0.4, 0.5) is 5.82 Å². The van der Waals surface area contributed by atoms with Gasteiger partial charge in [0.2, 0.25) is 0 Å². The zero-order chi connectivity index (χ0) is 23.0. The summed E-state index contributed by atoms with van der Waals surface area (Å²) >= 11 is 10.0. The number of nitrogens with zero attached hydrogens (tertiary/aromatic N) is 5. The SMILES string of the molecule is CCOc1c(C(C)NC(=O)c2c(N)nn3cccnc23)cc(Cl)c2c(Br)nn(CCO)c12. The molecule has 1 unspecified atom stereocenters. The number of ether oxygens (including phenoxy) is 1. The Bertz CT molecular complexity index is 1320. The molecule has 0 radical (unpaired) electrons. The predicted octanol–water partition coefficient (Wildman–Crippen LogP) is 2.96. The standard InChI is InChI=1S/C20H21BrClN7O3/c1-3-32-16-11(9-12(22)13-15(16)28(7-8-30)26-17(13)21)10(2)25-20(31)14-18(23)27-29-6-4-5-24-19(14)29/h4-6,9-10,30H,3,7-8H2,1-2H3,(H2,23,27)(H,25,31). The van der Waals surface area contributed by atoms with Crippen LogP contribution in [0, 0.1) is 0 Å².